The lowest BCUT2D eigenvalue weighted by Gasteiger charge is -2.13. The maximum Gasteiger partial charge on any atom is 0.417 e. The van der Waals surface area contributed by atoms with Crippen molar-refractivity contribution in [1.29, 1.82) is 0 Å². The SMILES string of the molecule is Nc1cnccc1NC(=O)c1ccccc1C(F)(F)F. The zero-order valence-corrected chi connectivity index (χ0v) is 10.1. The van der Waals surface area contributed by atoms with Crippen LogP contribution in [0.25, 0.3) is 0 Å². The molecule has 20 heavy (non-hydrogen) atoms. The molecule has 7 heteroatoms. The van der Waals surface area contributed by atoms with Gasteiger partial charge in [0.15, 0.2) is 0 Å². The van der Waals surface area contributed by atoms with Gasteiger partial charge >= 0.3 is 6.18 Å². The molecule has 1 aromatic carbocycles. The van der Waals surface area contributed by atoms with E-state index in [0.717, 1.165) is 12.1 Å². The molecule has 0 fully saturated rings. The maximum absolute atomic E-state index is 12.8. The van der Waals surface area contributed by atoms with E-state index in [9.17, 15) is 18.0 Å². The number of nitrogens with one attached hydrogen (secondary N) is 1. The number of nitrogens with two attached hydrogens (primary N) is 1. The van der Waals surface area contributed by atoms with Gasteiger partial charge in [0.25, 0.3) is 5.91 Å². The van der Waals surface area contributed by atoms with Crippen LogP contribution in [0.4, 0.5) is 24.5 Å². The summed E-state index contributed by atoms with van der Waals surface area (Å²) >= 11 is 0. The molecular weight excluding hydrogens is 271 g/mol. The highest BCUT2D eigenvalue weighted by molar-refractivity contribution is 6.06. The molecule has 1 heterocycles. The molecule has 0 aliphatic rings. The Morgan fingerprint density at radius 3 is 2.55 bits per heavy atom. The van der Waals surface area contributed by atoms with Gasteiger partial charge in [-0.05, 0) is 18.2 Å². The molecule has 0 atom stereocenters. The van der Waals surface area contributed by atoms with Gasteiger partial charge in [-0.25, -0.2) is 0 Å². The van der Waals surface area contributed by atoms with Crippen molar-refractivity contribution in [3.05, 3.63) is 53.9 Å². The third-order valence-corrected chi connectivity index (χ3v) is 2.58. The molecule has 0 saturated heterocycles. The highest BCUT2D eigenvalue weighted by Gasteiger charge is 2.34. The summed E-state index contributed by atoms with van der Waals surface area (Å²) in [5.74, 6) is -0.879. The van der Waals surface area contributed by atoms with Gasteiger partial charge in [-0.15, -0.1) is 0 Å². The average Bonchev–Trinajstić information content (AvgIpc) is 2.40. The average molecular weight is 281 g/mol. The standard InChI is InChI=1S/C13H10F3N3O/c14-13(15,16)9-4-2-1-3-8(9)12(20)19-11-5-6-18-7-10(11)17/h1-7H,17H2,(H,18,19,20). The maximum atomic E-state index is 12.8. The zero-order chi connectivity index (χ0) is 14.8. The number of alkyl halides is 3. The number of halogens is 3. The zero-order valence-electron chi connectivity index (χ0n) is 10.1. The lowest BCUT2D eigenvalue weighted by Crippen LogP contribution is -2.19. The summed E-state index contributed by atoms with van der Waals surface area (Å²) < 4.78 is 38.4. The first-order valence-electron chi connectivity index (χ1n) is 5.56. The summed E-state index contributed by atoms with van der Waals surface area (Å²) in [7, 11) is 0. The fourth-order valence-electron chi connectivity index (χ4n) is 1.64. The van der Waals surface area contributed by atoms with E-state index in [2.05, 4.69) is 10.3 Å². The minimum atomic E-state index is -4.60. The Hall–Kier alpha value is -2.57. The number of amides is 1. The Morgan fingerprint density at radius 2 is 1.90 bits per heavy atom. The first kappa shape index (κ1) is 13.9. The number of aromatic nitrogens is 1. The number of hydrogen-bond acceptors (Lipinski definition) is 3. The second-order valence-corrected chi connectivity index (χ2v) is 3.96. The van der Waals surface area contributed by atoms with Gasteiger partial charge in [-0.3, -0.25) is 9.78 Å². The quantitative estimate of drug-likeness (QED) is 0.889. The van der Waals surface area contributed by atoms with Crippen molar-refractivity contribution in [3.8, 4) is 0 Å². The minimum Gasteiger partial charge on any atom is -0.396 e. The van der Waals surface area contributed by atoms with Crippen LogP contribution in [-0.2, 0) is 6.18 Å². The number of carbonyl (C=O) groups excluding carboxylic acids is 1. The number of nitrogens with zero attached hydrogens (tertiary/aromatic N) is 1. The van der Waals surface area contributed by atoms with Crippen LogP contribution in [0, 0.1) is 0 Å². The van der Waals surface area contributed by atoms with Crippen molar-refractivity contribution in [2.45, 2.75) is 6.18 Å². The van der Waals surface area contributed by atoms with Gasteiger partial charge in [0.2, 0.25) is 0 Å². The summed E-state index contributed by atoms with van der Waals surface area (Å²) in [4.78, 5) is 15.7. The van der Waals surface area contributed by atoms with Crippen LogP contribution in [0.3, 0.4) is 0 Å². The molecule has 1 amide bonds. The fraction of sp³-hybridized carbons (Fsp3) is 0.0769. The normalized spacial score (nSPS) is 11.2. The Balaban J connectivity index is 2.34. The largest absolute Gasteiger partial charge is 0.417 e. The summed E-state index contributed by atoms with van der Waals surface area (Å²) in [5.41, 5.74) is 4.50. The number of nitrogen functional groups attached to an aromatic ring is 1. The van der Waals surface area contributed by atoms with Crippen molar-refractivity contribution >= 4 is 17.3 Å². The molecule has 0 aliphatic heterocycles. The molecule has 1 aromatic heterocycles. The van der Waals surface area contributed by atoms with Gasteiger partial charge in [-0.1, -0.05) is 12.1 Å². The number of hydrogen-bond donors (Lipinski definition) is 2. The Morgan fingerprint density at radius 1 is 1.20 bits per heavy atom. The molecular formula is C13H10F3N3O. The molecule has 2 aromatic rings. The predicted octanol–water partition coefficient (Wildman–Crippen LogP) is 2.93. The topological polar surface area (TPSA) is 68.0 Å². The van der Waals surface area contributed by atoms with Crippen LogP contribution in [0.15, 0.2) is 42.7 Å². The van der Waals surface area contributed by atoms with E-state index >= 15 is 0 Å². The molecule has 0 aliphatic carbocycles. The van der Waals surface area contributed by atoms with Crippen molar-refractivity contribution in [2.24, 2.45) is 0 Å². The van der Waals surface area contributed by atoms with Crippen LogP contribution in [0.2, 0.25) is 0 Å². The summed E-state index contributed by atoms with van der Waals surface area (Å²) in [6, 6.07) is 5.95. The Labute approximate surface area is 112 Å². The monoisotopic (exact) mass is 281 g/mol. The van der Waals surface area contributed by atoms with Crippen LogP contribution in [0.1, 0.15) is 15.9 Å². The summed E-state index contributed by atoms with van der Waals surface area (Å²) in [5, 5.41) is 2.34. The minimum absolute atomic E-state index is 0.172. The highest BCUT2D eigenvalue weighted by Crippen LogP contribution is 2.32. The molecule has 2 rings (SSSR count). The van der Waals surface area contributed by atoms with Crippen molar-refractivity contribution in [3.63, 3.8) is 0 Å². The molecule has 0 radical (unpaired) electrons. The van der Waals surface area contributed by atoms with Gasteiger partial charge in [0.1, 0.15) is 0 Å². The molecule has 3 N–H and O–H groups in total. The third kappa shape index (κ3) is 2.87. The van der Waals surface area contributed by atoms with Gasteiger partial charge in [-0.2, -0.15) is 13.2 Å². The molecule has 0 unspecified atom stereocenters. The number of carbonyl (C=O) groups is 1. The van der Waals surface area contributed by atoms with Crippen LogP contribution < -0.4 is 11.1 Å². The molecule has 0 spiro atoms. The van der Waals surface area contributed by atoms with E-state index in [4.69, 9.17) is 5.73 Å². The van der Waals surface area contributed by atoms with E-state index in [1.54, 1.807) is 0 Å². The lowest BCUT2D eigenvalue weighted by molar-refractivity contribution is -0.137. The van der Waals surface area contributed by atoms with Gasteiger partial charge < -0.3 is 11.1 Å². The Bertz CT molecular complexity index is 641. The van der Waals surface area contributed by atoms with Crippen molar-refractivity contribution in [2.75, 3.05) is 11.1 Å². The smallest absolute Gasteiger partial charge is 0.396 e. The van der Waals surface area contributed by atoms with Crippen molar-refractivity contribution in [1.82, 2.24) is 4.98 Å². The predicted molar refractivity (Wildman–Crippen MR) is 68.0 cm³/mol. The second-order valence-electron chi connectivity index (χ2n) is 3.96. The van der Waals surface area contributed by atoms with E-state index in [1.807, 2.05) is 0 Å². The first-order valence-corrected chi connectivity index (χ1v) is 5.56. The summed E-state index contributed by atoms with van der Waals surface area (Å²) in [6.07, 6.45) is -1.93. The number of pyridine rings is 1. The highest BCUT2D eigenvalue weighted by atomic mass is 19.4. The Kier molecular flexibility index (Phi) is 3.60. The number of benzene rings is 1. The molecule has 4 nitrogen and oxygen atoms in total. The van der Waals surface area contributed by atoms with Gasteiger partial charge in [0, 0.05) is 6.20 Å². The van der Waals surface area contributed by atoms with Crippen LogP contribution >= 0.6 is 0 Å². The molecule has 104 valence electrons. The van der Waals surface area contributed by atoms with E-state index < -0.39 is 23.2 Å². The van der Waals surface area contributed by atoms with Crippen LogP contribution in [0.5, 0.6) is 0 Å². The van der Waals surface area contributed by atoms with Gasteiger partial charge in [0.05, 0.1) is 28.7 Å². The first-order chi connectivity index (χ1) is 9.39. The lowest BCUT2D eigenvalue weighted by atomic mass is 10.1. The van der Waals surface area contributed by atoms with Crippen molar-refractivity contribution < 1.29 is 18.0 Å². The fourth-order valence-corrected chi connectivity index (χ4v) is 1.64. The van der Waals surface area contributed by atoms with E-state index in [-0.39, 0.29) is 11.4 Å². The number of anilines is 2. The second kappa shape index (κ2) is 5.20. The van der Waals surface area contributed by atoms with Crippen LogP contribution in [-0.4, -0.2) is 10.9 Å². The summed E-state index contributed by atoms with van der Waals surface area (Å²) in [6.45, 7) is 0. The van der Waals surface area contributed by atoms with E-state index in [0.29, 0.717) is 0 Å². The molecule has 0 bridgehead atoms. The van der Waals surface area contributed by atoms with E-state index in [1.165, 1.54) is 30.6 Å². The molecule has 0 saturated carbocycles. The number of rotatable bonds is 2. The third-order valence-electron chi connectivity index (χ3n) is 2.58.